The van der Waals surface area contributed by atoms with Crippen molar-refractivity contribution in [2.45, 2.75) is 40.2 Å². The molecule has 1 aromatic carbocycles. The van der Waals surface area contributed by atoms with Gasteiger partial charge in [-0.3, -0.25) is 0 Å². The molecule has 0 fully saturated rings. The summed E-state index contributed by atoms with van der Waals surface area (Å²) in [5, 5.41) is 0. The monoisotopic (exact) mass is 239 g/mol. The summed E-state index contributed by atoms with van der Waals surface area (Å²) in [5.41, 5.74) is 12.5. The first kappa shape index (κ1) is 15.2. The van der Waals surface area contributed by atoms with E-state index in [1.165, 1.54) is 22.3 Å². The van der Waals surface area contributed by atoms with E-state index in [4.69, 9.17) is 5.73 Å². The second-order valence-electron chi connectivity index (χ2n) is 4.58. The predicted octanol–water partition coefficient (Wildman–Crippen LogP) is 4.00. The van der Waals surface area contributed by atoms with Gasteiger partial charge >= 0.3 is 0 Å². The van der Waals surface area contributed by atoms with Crippen LogP contribution in [-0.2, 0) is 0 Å². The molecule has 0 radical (unpaired) electrons. The summed E-state index contributed by atoms with van der Waals surface area (Å²) in [6.07, 6.45) is 0.866. The highest BCUT2D eigenvalue weighted by Crippen LogP contribution is 2.25. The fourth-order valence-electron chi connectivity index (χ4n) is 2.25. The number of nitrogens with two attached hydrogens (primary N) is 1. The Morgan fingerprint density at radius 2 is 1.69 bits per heavy atom. The summed E-state index contributed by atoms with van der Waals surface area (Å²) in [6, 6.07) is 4.48. The van der Waals surface area contributed by atoms with Crippen molar-refractivity contribution in [3.63, 3.8) is 0 Å². The lowest BCUT2D eigenvalue weighted by atomic mass is 9.91. The van der Waals surface area contributed by atoms with Crippen molar-refractivity contribution in [2.75, 3.05) is 0 Å². The van der Waals surface area contributed by atoms with Gasteiger partial charge in [0.1, 0.15) is 0 Å². The van der Waals surface area contributed by atoms with Gasteiger partial charge in [0.15, 0.2) is 0 Å². The minimum absolute atomic E-state index is 0. The van der Waals surface area contributed by atoms with E-state index in [1.807, 2.05) is 6.92 Å². The molecule has 0 saturated heterocycles. The Labute approximate surface area is 105 Å². The van der Waals surface area contributed by atoms with Crippen LogP contribution in [0.4, 0.5) is 0 Å². The molecule has 0 aliphatic rings. The zero-order chi connectivity index (χ0) is 11.6. The van der Waals surface area contributed by atoms with Gasteiger partial charge in [0.2, 0.25) is 0 Å². The summed E-state index contributed by atoms with van der Waals surface area (Å²) in [7, 11) is 0. The third-order valence-electron chi connectivity index (χ3n) is 2.68. The van der Waals surface area contributed by atoms with E-state index in [9.17, 15) is 0 Å². The molecule has 0 unspecified atom stereocenters. The normalized spacial score (nSPS) is 11.8. The molecule has 1 nitrogen and oxygen atoms in total. The van der Waals surface area contributed by atoms with Crippen LogP contribution in [0.15, 0.2) is 24.3 Å². The highest BCUT2D eigenvalue weighted by molar-refractivity contribution is 5.85. The molecule has 0 bridgehead atoms. The lowest BCUT2D eigenvalue weighted by molar-refractivity contribution is 0.706. The van der Waals surface area contributed by atoms with Crippen LogP contribution in [0.2, 0.25) is 0 Å². The van der Waals surface area contributed by atoms with Crippen LogP contribution in [0.25, 0.3) is 0 Å². The fourth-order valence-corrected chi connectivity index (χ4v) is 2.25. The minimum atomic E-state index is 0. The Morgan fingerprint density at radius 1 is 1.25 bits per heavy atom. The second kappa shape index (κ2) is 6.07. The lowest BCUT2D eigenvalue weighted by Gasteiger charge is -2.18. The van der Waals surface area contributed by atoms with Crippen molar-refractivity contribution >= 4 is 12.4 Å². The highest BCUT2D eigenvalue weighted by Gasteiger charge is 2.12. The largest absolute Gasteiger partial charge is 0.324 e. The van der Waals surface area contributed by atoms with Gasteiger partial charge in [0.25, 0.3) is 0 Å². The molecule has 0 spiro atoms. The first-order valence-corrected chi connectivity index (χ1v) is 5.39. The van der Waals surface area contributed by atoms with Gasteiger partial charge in [-0.25, -0.2) is 0 Å². The van der Waals surface area contributed by atoms with Crippen LogP contribution in [0.5, 0.6) is 0 Å². The number of halogens is 1. The molecule has 1 aromatic rings. The van der Waals surface area contributed by atoms with E-state index >= 15 is 0 Å². The average Bonchev–Trinajstić information content (AvgIpc) is 1.99. The molecule has 0 saturated carbocycles. The van der Waals surface area contributed by atoms with Crippen LogP contribution in [0, 0.1) is 20.8 Å². The van der Waals surface area contributed by atoms with Crippen molar-refractivity contribution in [3.8, 4) is 0 Å². The molecule has 90 valence electrons. The molecule has 0 aromatic heterocycles. The van der Waals surface area contributed by atoms with Crippen molar-refractivity contribution in [1.29, 1.82) is 0 Å². The Bertz CT molecular complexity index is 359. The summed E-state index contributed by atoms with van der Waals surface area (Å²) >= 11 is 0. The third kappa shape index (κ3) is 3.66. The fraction of sp³-hybridized carbons (Fsp3) is 0.429. The quantitative estimate of drug-likeness (QED) is 0.793. The van der Waals surface area contributed by atoms with E-state index in [-0.39, 0.29) is 18.4 Å². The zero-order valence-corrected chi connectivity index (χ0v) is 11.4. The lowest BCUT2D eigenvalue weighted by Crippen LogP contribution is -2.13. The molecule has 2 heteroatoms. The van der Waals surface area contributed by atoms with Crippen molar-refractivity contribution in [2.24, 2.45) is 5.73 Å². The molecular weight excluding hydrogens is 218 g/mol. The van der Waals surface area contributed by atoms with Gasteiger partial charge in [-0.1, -0.05) is 23.3 Å². The van der Waals surface area contributed by atoms with E-state index in [0.717, 1.165) is 12.0 Å². The SMILES string of the molecule is C=C(C)C[C@@H](N)c1c(C)cc(C)cc1C.Cl. The third-order valence-corrected chi connectivity index (χ3v) is 2.68. The average molecular weight is 240 g/mol. The van der Waals surface area contributed by atoms with E-state index < -0.39 is 0 Å². The number of rotatable bonds is 3. The molecule has 1 rings (SSSR count). The summed E-state index contributed by atoms with van der Waals surface area (Å²) < 4.78 is 0. The Morgan fingerprint density at radius 3 is 2.06 bits per heavy atom. The maximum absolute atomic E-state index is 6.19. The topological polar surface area (TPSA) is 26.0 Å². The van der Waals surface area contributed by atoms with Gasteiger partial charge in [0.05, 0.1) is 0 Å². The molecule has 0 aliphatic heterocycles. The van der Waals surface area contributed by atoms with Crippen molar-refractivity contribution in [1.82, 2.24) is 0 Å². The van der Waals surface area contributed by atoms with Crippen LogP contribution in [0.3, 0.4) is 0 Å². The minimum Gasteiger partial charge on any atom is -0.324 e. The van der Waals surface area contributed by atoms with Gasteiger partial charge in [-0.2, -0.15) is 0 Å². The zero-order valence-electron chi connectivity index (χ0n) is 10.6. The Kier molecular flexibility index (Phi) is 5.77. The van der Waals surface area contributed by atoms with Crippen LogP contribution >= 0.6 is 12.4 Å². The summed E-state index contributed by atoms with van der Waals surface area (Å²) in [6.45, 7) is 12.3. The molecule has 0 amide bonds. The number of hydrogen-bond acceptors (Lipinski definition) is 1. The maximum atomic E-state index is 6.19. The van der Waals surface area contributed by atoms with Crippen molar-refractivity contribution in [3.05, 3.63) is 46.5 Å². The molecule has 16 heavy (non-hydrogen) atoms. The maximum Gasteiger partial charge on any atom is 0.0337 e. The molecular formula is C14H22ClN. The van der Waals surface area contributed by atoms with Gasteiger partial charge in [0, 0.05) is 6.04 Å². The van der Waals surface area contributed by atoms with Gasteiger partial charge in [-0.15, -0.1) is 19.0 Å². The van der Waals surface area contributed by atoms with Crippen LogP contribution in [-0.4, -0.2) is 0 Å². The summed E-state index contributed by atoms with van der Waals surface area (Å²) in [4.78, 5) is 0. The van der Waals surface area contributed by atoms with Crippen molar-refractivity contribution < 1.29 is 0 Å². The smallest absolute Gasteiger partial charge is 0.0337 e. The number of hydrogen-bond donors (Lipinski definition) is 1. The number of aryl methyl sites for hydroxylation is 3. The predicted molar refractivity (Wildman–Crippen MR) is 74.3 cm³/mol. The van der Waals surface area contributed by atoms with Gasteiger partial charge in [-0.05, 0) is 50.8 Å². The molecule has 0 heterocycles. The molecule has 1 atom stereocenters. The first-order chi connectivity index (χ1) is 6.91. The second-order valence-corrected chi connectivity index (χ2v) is 4.58. The first-order valence-electron chi connectivity index (χ1n) is 5.39. The Balaban J connectivity index is 0.00000225. The van der Waals surface area contributed by atoms with Crippen LogP contribution in [0.1, 0.15) is 41.6 Å². The van der Waals surface area contributed by atoms with E-state index in [0.29, 0.717) is 0 Å². The van der Waals surface area contributed by atoms with E-state index in [2.05, 4.69) is 39.5 Å². The van der Waals surface area contributed by atoms with Gasteiger partial charge < -0.3 is 5.73 Å². The molecule has 2 N–H and O–H groups in total. The highest BCUT2D eigenvalue weighted by atomic mass is 35.5. The van der Waals surface area contributed by atoms with E-state index in [1.54, 1.807) is 0 Å². The number of benzene rings is 1. The Hall–Kier alpha value is -0.790. The summed E-state index contributed by atoms with van der Waals surface area (Å²) in [5.74, 6) is 0. The molecule has 0 aliphatic carbocycles. The van der Waals surface area contributed by atoms with Crippen LogP contribution < -0.4 is 5.73 Å². The standard InChI is InChI=1S/C14H21N.ClH/c1-9(2)6-13(15)14-11(4)7-10(3)8-12(14)5;/h7-8,13H,1,6,15H2,2-5H3;1H/t13-;/m1./s1.